The van der Waals surface area contributed by atoms with Gasteiger partial charge in [-0.2, -0.15) is 0 Å². The van der Waals surface area contributed by atoms with E-state index in [1.54, 1.807) is 5.57 Å². The van der Waals surface area contributed by atoms with Gasteiger partial charge in [-0.1, -0.05) is 76.8 Å². The van der Waals surface area contributed by atoms with Gasteiger partial charge in [-0.15, -0.1) is 0 Å². The molecule has 0 radical (unpaired) electrons. The van der Waals surface area contributed by atoms with E-state index in [2.05, 4.69) is 46.4 Å². The normalized spacial score (nSPS) is 37.6. The van der Waals surface area contributed by atoms with Crippen molar-refractivity contribution in [3.8, 4) is 0 Å². The summed E-state index contributed by atoms with van der Waals surface area (Å²) in [6.07, 6.45) is 18.2. The van der Waals surface area contributed by atoms with Crippen LogP contribution in [-0.4, -0.2) is 11.2 Å². The number of aliphatic hydroxyl groups is 1. The number of hydrogen-bond donors (Lipinski definition) is 1. The molecule has 1 heteroatoms. The molecule has 28 heavy (non-hydrogen) atoms. The second kappa shape index (κ2) is 9.33. The van der Waals surface area contributed by atoms with Gasteiger partial charge in [0.25, 0.3) is 0 Å². The minimum Gasteiger partial charge on any atom is -0.393 e. The van der Waals surface area contributed by atoms with Crippen LogP contribution in [0.4, 0.5) is 0 Å². The summed E-state index contributed by atoms with van der Waals surface area (Å²) in [6, 6.07) is 0. The Morgan fingerprint density at radius 1 is 1.11 bits per heavy atom. The zero-order valence-electron chi connectivity index (χ0n) is 19.0. The highest BCUT2D eigenvalue weighted by atomic mass is 16.3. The van der Waals surface area contributed by atoms with Crippen LogP contribution in [0.15, 0.2) is 35.5 Å². The molecule has 0 aliphatic heterocycles. The molecule has 3 saturated carbocycles. The summed E-state index contributed by atoms with van der Waals surface area (Å²) in [5, 5.41) is 10.0. The van der Waals surface area contributed by atoms with Gasteiger partial charge in [-0.05, 0) is 86.0 Å². The van der Waals surface area contributed by atoms with Gasteiger partial charge in [0.1, 0.15) is 0 Å². The lowest BCUT2D eigenvalue weighted by Gasteiger charge is -2.44. The third kappa shape index (κ3) is 4.84. The molecule has 3 rings (SSSR count). The van der Waals surface area contributed by atoms with Crippen LogP contribution in [0.1, 0.15) is 98.3 Å². The van der Waals surface area contributed by atoms with E-state index in [1.165, 1.54) is 62.5 Å². The number of aliphatic hydroxyl groups excluding tert-OH is 1. The first-order valence-electron chi connectivity index (χ1n) is 12.1. The van der Waals surface area contributed by atoms with E-state index in [-0.39, 0.29) is 6.10 Å². The Morgan fingerprint density at radius 3 is 2.64 bits per heavy atom. The zero-order valence-corrected chi connectivity index (χ0v) is 19.0. The molecule has 1 nitrogen and oxygen atoms in total. The number of rotatable bonds is 6. The minimum absolute atomic E-state index is 0.172. The molecule has 0 saturated heterocycles. The largest absolute Gasteiger partial charge is 0.393 e. The fraction of sp³-hybridized carbons (Fsp3) is 0.778. The Hall–Kier alpha value is -0.820. The van der Waals surface area contributed by atoms with Crippen molar-refractivity contribution in [1.29, 1.82) is 0 Å². The monoisotopic (exact) mass is 384 g/mol. The first-order chi connectivity index (χ1) is 13.3. The van der Waals surface area contributed by atoms with E-state index in [4.69, 9.17) is 0 Å². The lowest BCUT2D eigenvalue weighted by molar-refractivity contribution is 0.0929. The van der Waals surface area contributed by atoms with E-state index >= 15 is 0 Å². The van der Waals surface area contributed by atoms with E-state index < -0.39 is 0 Å². The molecule has 3 fully saturated rings. The van der Waals surface area contributed by atoms with Gasteiger partial charge in [0.15, 0.2) is 0 Å². The van der Waals surface area contributed by atoms with Crippen molar-refractivity contribution in [2.24, 2.45) is 29.1 Å². The fourth-order valence-corrected chi connectivity index (χ4v) is 6.66. The summed E-state index contributed by atoms with van der Waals surface area (Å²) in [5.41, 5.74) is 4.72. The highest BCUT2D eigenvalue weighted by molar-refractivity contribution is 5.36. The van der Waals surface area contributed by atoms with Crippen molar-refractivity contribution in [3.63, 3.8) is 0 Å². The van der Waals surface area contributed by atoms with Crippen molar-refractivity contribution in [2.75, 3.05) is 0 Å². The summed E-state index contributed by atoms with van der Waals surface area (Å²) >= 11 is 0. The average molecular weight is 385 g/mol. The highest BCUT2D eigenvalue weighted by Gasteiger charge is 2.50. The molecule has 2 unspecified atom stereocenters. The molecular formula is C27H44O. The third-order valence-electron chi connectivity index (χ3n) is 8.35. The smallest absolute Gasteiger partial charge is 0.0583 e. The van der Waals surface area contributed by atoms with Crippen LogP contribution in [-0.2, 0) is 0 Å². The van der Waals surface area contributed by atoms with Gasteiger partial charge in [-0.3, -0.25) is 0 Å². The molecule has 0 heterocycles. The van der Waals surface area contributed by atoms with Gasteiger partial charge in [-0.25, -0.2) is 0 Å². The quantitative estimate of drug-likeness (QED) is 0.499. The van der Waals surface area contributed by atoms with Crippen molar-refractivity contribution >= 4 is 0 Å². The minimum atomic E-state index is -0.172. The summed E-state index contributed by atoms with van der Waals surface area (Å²) < 4.78 is 0. The van der Waals surface area contributed by atoms with E-state index in [0.717, 1.165) is 42.9 Å². The molecular weight excluding hydrogens is 340 g/mol. The van der Waals surface area contributed by atoms with Crippen molar-refractivity contribution in [1.82, 2.24) is 0 Å². The van der Waals surface area contributed by atoms with E-state index in [9.17, 15) is 5.11 Å². The van der Waals surface area contributed by atoms with Crippen molar-refractivity contribution in [3.05, 3.63) is 35.5 Å². The maximum atomic E-state index is 10.0. The topological polar surface area (TPSA) is 20.2 Å². The lowest BCUT2D eigenvalue weighted by atomic mass is 9.60. The Morgan fingerprint density at radius 2 is 1.89 bits per heavy atom. The Balaban J connectivity index is 1.70. The van der Waals surface area contributed by atoms with Crippen LogP contribution >= 0.6 is 0 Å². The van der Waals surface area contributed by atoms with Crippen LogP contribution in [0.5, 0.6) is 0 Å². The number of hydrogen-bond acceptors (Lipinski definition) is 1. The summed E-state index contributed by atoms with van der Waals surface area (Å²) in [6.45, 7) is 14.1. The van der Waals surface area contributed by atoms with Crippen molar-refractivity contribution < 1.29 is 5.11 Å². The SMILES string of the molecule is C=C1CC[C@@H](O)C/C1=C/C=C1\CCC[C@@]2(C)C(C(C)CCCC(C)C)CC[C@@H]12. The van der Waals surface area contributed by atoms with Gasteiger partial charge in [0.05, 0.1) is 6.10 Å². The summed E-state index contributed by atoms with van der Waals surface area (Å²) in [7, 11) is 0. The third-order valence-corrected chi connectivity index (χ3v) is 8.35. The Labute approximate surface area is 174 Å². The number of fused-ring (bicyclic) bond motifs is 1. The number of allylic oxidation sites excluding steroid dienone is 4. The predicted molar refractivity (Wildman–Crippen MR) is 121 cm³/mol. The zero-order chi connectivity index (χ0) is 20.3. The summed E-state index contributed by atoms with van der Waals surface area (Å²) in [5.74, 6) is 3.37. The maximum absolute atomic E-state index is 10.0. The second-order valence-electron chi connectivity index (χ2n) is 10.8. The van der Waals surface area contributed by atoms with Crippen LogP contribution in [0.25, 0.3) is 0 Å². The van der Waals surface area contributed by atoms with Crippen molar-refractivity contribution in [2.45, 2.75) is 104 Å². The van der Waals surface area contributed by atoms with Crippen LogP contribution < -0.4 is 0 Å². The molecule has 0 aromatic heterocycles. The van der Waals surface area contributed by atoms with Crippen LogP contribution in [0.2, 0.25) is 0 Å². The molecule has 0 bridgehead atoms. The van der Waals surface area contributed by atoms with E-state index in [1.807, 2.05) is 0 Å². The van der Waals surface area contributed by atoms with Gasteiger partial charge < -0.3 is 5.11 Å². The lowest BCUT2D eigenvalue weighted by Crippen LogP contribution is -2.36. The summed E-state index contributed by atoms with van der Waals surface area (Å²) in [4.78, 5) is 0. The molecule has 1 N–H and O–H groups in total. The molecule has 0 aromatic carbocycles. The van der Waals surface area contributed by atoms with Gasteiger partial charge in [0.2, 0.25) is 0 Å². The molecule has 3 aliphatic carbocycles. The van der Waals surface area contributed by atoms with Crippen LogP contribution in [0.3, 0.4) is 0 Å². The molecule has 0 spiro atoms. The van der Waals surface area contributed by atoms with Crippen LogP contribution in [0, 0.1) is 29.1 Å². The molecule has 0 aromatic rings. The van der Waals surface area contributed by atoms with Gasteiger partial charge >= 0.3 is 0 Å². The highest BCUT2D eigenvalue weighted by Crippen LogP contribution is 2.59. The Bertz CT molecular complexity index is 610. The molecule has 3 aliphatic rings. The Kier molecular flexibility index (Phi) is 7.29. The average Bonchev–Trinajstić information content (AvgIpc) is 2.99. The second-order valence-corrected chi connectivity index (χ2v) is 10.8. The molecule has 0 amide bonds. The molecule has 158 valence electrons. The van der Waals surface area contributed by atoms with E-state index in [0.29, 0.717) is 5.41 Å². The van der Waals surface area contributed by atoms with Gasteiger partial charge in [0, 0.05) is 0 Å². The first-order valence-corrected chi connectivity index (χ1v) is 12.1. The maximum Gasteiger partial charge on any atom is 0.0583 e. The fourth-order valence-electron chi connectivity index (χ4n) is 6.66. The molecule has 5 atom stereocenters. The standard InChI is InChI=1S/C27H44O/c1-19(2)8-6-9-21(4)25-15-16-26-22(10-7-17-27(25,26)5)12-13-23-18-24(28)14-11-20(23)3/h12-13,19,21,24-26,28H,3,6-11,14-18H2,1-2,4-5H3/b22-12+,23-13-/t21?,24-,25?,26+,27+/m1/s1. The predicted octanol–water partition coefficient (Wildman–Crippen LogP) is 7.62. The first kappa shape index (κ1) is 21.9.